The minimum absolute atomic E-state index is 0.0797. The lowest BCUT2D eigenvalue weighted by Crippen LogP contribution is -2.41. The number of sulfonamides is 2. The molecule has 2 saturated heterocycles. The summed E-state index contributed by atoms with van der Waals surface area (Å²) in [6, 6.07) is 16.5. The van der Waals surface area contributed by atoms with Gasteiger partial charge in [-0.05, 0) is 200 Å². The van der Waals surface area contributed by atoms with Gasteiger partial charge >= 0.3 is 0 Å². The Kier molecular flexibility index (Phi) is 13.4. The van der Waals surface area contributed by atoms with Crippen molar-refractivity contribution in [3.63, 3.8) is 0 Å². The van der Waals surface area contributed by atoms with Crippen LogP contribution in [0.3, 0.4) is 0 Å². The summed E-state index contributed by atoms with van der Waals surface area (Å²) in [7, 11) is -8.32. The maximum absolute atomic E-state index is 13.7. The Labute approximate surface area is 513 Å². The van der Waals surface area contributed by atoms with Crippen molar-refractivity contribution in [2.24, 2.45) is 45.3 Å². The van der Waals surface area contributed by atoms with Gasteiger partial charge in [-0.15, -0.1) is 10.2 Å². The molecule has 464 valence electrons. The second-order valence-corrected chi connectivity index (χ2v) is 31.5. The lowest BCUT2D eigenvalue weighted by Gasteiger charge is -2.34. The van der Waals surface area contributed by atoms with Crippen molar-refractivity contribution in [1.29, 1.82) is 0 Å². The van der Waals surface area contributed by atoms with Gasteiger partial charge in [0.25, 0.3) is 31.9 Å². The number of hydrogen-bond acceptors (Lipinski definition) is 18. The van der Waals surface area contributed by atoms with Crippen molar-refractivity contribution in [3.8, 4) is 23.4 Å². The molecule has 24 heteroatoms. The summed E-state index contributed by atoms with van der Waals surface area (Å²) in [4.78, 5) is 49.9. The SMILES string of the molecule is CC1(C)CC2CCCCNc3ccc(cn3)S(=O)(=O)NC(=O)c3ccc(-n4ccc(OCC5C6(CC6)C56CC6)n4)nc3N1C2.CC1(C)CC2CCCCNc3ccc(cn3)S(=O)(=O)NC(=O)c3ccc(-n4ccc(OCC5C6(CC6)C56CC6)n4)nc3N1C2. The zero-order valence-electron chi connectivity index (χ0n) is 50.5. The Bertz CT molecular complexity index is 3670. The van der Waals surface area contributed by atoms with Crippen LogP contribution in [-0.2, 0) is 20.0 Å². The first-order valence-electron chi connectivity index (χ1n) is 31.7. The molecule has 4 spiro atoms. The topological polar surface area (TPSA) is 263 Å². The summed E-state index contributed by atoms with van der Waals surface area (Å²) < 4.78 is 73.0. The van der Waals surface area contributed by atoms with Crippen LogP contribution >= 0.6 is 0 Å². The number of fused-ring (bicyclic) bond motifs is 18. The van der Waals surface area contributed by atoms with E-state index in [1.54, 1.807) is 45.8 Å². The number of pyridine rings is 4. The molecule has 4 N–H and O–H groups in total. The van der Waals surface area contributed by atoms with E-state index in [-0.39, 0.29) is 32.0 Å². The second kappa shape index (κ2) is 20.6. The first kappa shape index (κ1) is 57.1. The number of amides is 2. The predicted octanol–water partition coefficient (Wildman–Crippen LogP) is 9.10. The largest absolute Gasteiger partial charge is 0.476 e. The van der Waals surface area contributed by atoms with E-state index in [9.17, 15) is 26.4 Å². The third-order valence-electron chi connectivity index (χ3n) is 21.9. The number of aromatic nitrogens is 8. The van der Waals surface area contributed by atoms with Crippen molar-refractivity contribution in [1.82, 2.24) is 48.9 Å². The van der Waals surface area contributed by atoms with E-state index < -0.39 is 31.9 Å². The van der Waals surface area contributed by atoms with Crippen LogP contribution in [0.5, 0.6) is 11.8 Å². The molecule has 6 saturated carbocycles. The van der Waals surface area contributed by atoms with Crippen LogP contribution < -0.4 is 39.4 Å². The average molecular weight is 1240 g/mol. The van der Waals surface area contributed by atoms with Gasteiger partial charge in [0.05, 0.1) is 24.3 Å². The number of nitrogens with zero attached hydrogens (tertiary/aromatic N) is 10. The Hall–Kier alpha value is -7.34. The van der Waals surface area contributed by atoms with Gasteiger partial charge in [-0.1, -0.05) is 12.8 Å². The van der Waals surface area contributed by atoms with E-state index in [1.807, 2.05) is 24.5 Å². The Morgan fingerprint density at radius 3 is 1.28 bits per heavy atom. The number of carbonyl (C=O) groups excluding carboxylic acids is 2. The molecular formula is C64H78N14O8S2. The molecule has 2 atom stereocenters. The first-order valence-corrected chi connectivity index (χ1v) is 34.7. The quantitative estimate of drug-likeness (QED) is 0.111. The molecule has 88 heavy (non-hydrogen) atoms. The van der Waals surface area contributed by atoms with Crippen LogP contribution in [0, 0.1) is 45.3 Å². The fourth-order valence-corrected chi connectivity index (χ4v) is 18.5. The molecule has 12 heterocycles. The molecular weight excluding hydrogens is 1160 g/mol. The van der Waals surface area contributed by atoms with Crippen molar-refractivity contribution < 1.29 is 35.9 Å². The van der Waals surface area contributed by atoms with E-state index in [1.165, 1.54) is 75.9 Å². The molecule has 12 aliphatic rings. The summed E-state index contributed by atoms with van der Waals surface area (Å²) in [5.41, 5.74) is 2.12. The highest BCUT2D eigenvalue weighted by Crippen LogP contribution is 2.93. The number of ether oxygens (including phenoxy) is 2. The number of anilines is 4. The fourth-order valence-electron chi connectivity index (χ4n) is 16.7. The van der Waals surface area contributed by atoms with Crippen LogP contribution in [0.1, 0.15) is 151 Å². The molecule has 0 aromatic carbocycles. The smallest absolute Gasteiger partial charge is 0.268 e. The predicted molar refractivity (Wildman–Crippen MR) is 329 cm³/mol. The molecule has 6 aliphatic carbocycles. The highest BCUT2D eigenvalue weighted by Gasteiger charge is 2.87. The number of carbonyl (C=O) groups is 2. The maximum atomic E-state index is 13.7. The summed E-state index contributed by atoms with van der Waals surface area (Å²) in [5, 5.41) is 15.9. The lowest BCUT2D eigenvalue weighted by atomic mass is 9.93. The average Bonchev–Trinajstić information content (AvgIpc) is 1.46. The monoisotopic (exact) mass is 1230 g/mol. The van der Waals surface area contributed by atoms with Gasteiger partial charge in [-0.3, -0.25) is 9.59 Å². The minimum atomic E-state index is -4.16. The summed E-state index contributed by atoms with van der Waals surface area (Å²) in [6.45, 7) is 13.0. The highest BCUT2D eigenvalue weighted by molar-refractivity contribution is 7.90. The number of nitrogens with one attached hydrogen (secondary N) is 4. The fraction of sp³-hybridized carbons (Fsp3) is 0.562. The van der Waals surface area contributed by atoms with Crippen molar-refractivity contribution in [3.05, 3.63) is 96.6 Å². The van der Waals surface area contributed by atoms with Crippen LogP contribution in [0.2, 0.25) is 0 Å². The van der Waals surface area contributed by atoms with Crippen LogP contribution in [0.25, 0.3) is 11.6 Å². The van der Waals surface area contributed by atoms with Crippen molar-refractivity contribution in [2.75, 3.05) is 59.8 Å². The Balaban J connectivity index is 0.000000148. The first-order chi connectivity index (χ1) is 42.2. The molecule has 2 unspecified atom stereocenters. The van der Waals surface area contributed by atoms with E-state index in [0.717, 1.165) is 77.5 Å². The second-order valence-electron chi connectivity index (χ2n) is 28.1. The molecule has 18 rings (SSSR count). The molecule has 0 radical (unpaired) electrons. The van der Waals surface area contributed by atoms with E-state index in [0.29, 0.717) is 105 Å². The summed E-state index contributed by atoms with van der Waals surface area (Å²) in [6.07, 6.45) is 25.0. The van der Waals surface area contributed by atoms with Gasteiger partial charge in [0, 0.05) is 86.0 Å². The van der Waals surface area contributed by atoms with Gasteiger partial charge in [-0.25, -0.2) is 55.6 Å². The van der Waals surface area contributed by atoms with Crippen LogP contribution in [0.4, 0.5) is 23.3 Å². The van der Waals surface area contributed by atoms with E-state index in [2.05, 4.69) is 77.7 Å². The van der Waals surface area contributed by atoms with Gasteiger partial charge in [0.15, 0.2) is 11.6 Å². The number of rotatable bonds is 8. The molecule has 2 amide bonds. The van der Waals surface area contributed by atoms with Gasteiger partial charge in [0.2, 0.25) is 11.8 Å². The normalized spacial score (nSPS) is 25.6. The number of hydrogen-bond donors (Lipinski definition) is 4. The molecule has 6 aromatic rings. The zero-order chi connectivity index (χ0) is 60.6. The van der Waals surface area contributed by atoms with Crippen molar-refractivity contribution in [2.45, 2.75) is 151 Å². The van der Waals surface area contributed by atoms with E-state index in [4.69, 9.17) is 19.4 Å². The third-order valence-corrected chi connectivity index (χ3v) is 24.5. The Morgan fingerprint density at radius 2 is 0.920 bits per heavy atom. The maximum Gasteiger partial charge on any atom is 0.268 e. The summed E-state index contributed by atoms with van der Waals surface area (Å²) in [5.74, 6) is 4.99. The Morgan fingerprint density at radius 1 is 0.523 bits per heavy atom. The van der Waals surface area contributed by atoms with E-state index >= 15 is 0 Å². The van der Waals surface area contributed by atoms with Crippen molar-refractivity contribution >= 4 is 55.1 Å². The van der Waals surface area contributed by atoms with Crippen LogP contribution in [-0.4, -0.2) is 119 Å². The van der Waals surface area contributed by atoms with Crippen LogP contribution in [0.15, 0.2) is 95.2 Å². The van der Waals surface area contributed by atoms with Gasteiger partial charge in [0.1, 0.15) is 33.1 Å². The zero-order valence-corrected chi connectivity index (χ0v) is 52.1. The van der Waals surface area contributed by atoms with Gasteiger partial charge in [-0.2, -0.15) is 0 Å². The van der Waals surface area contributed by atoms with Gasteiger partial charge < -0.3 is 29.9 Å². The molecule has 6 aliphatic heterocycles. The third kappa shape index (κ3) is 10.1. The minimum Gasteiger partial charge on any atom is -0.476 e. The molecule has 8 bridgehead atoms. The molecule has 22 nitrogen and oxygen atoms in total. The molecule has 8 fully saturated rings. The summed E-state index contributed by atoms with van der Waals surface area (Å²) >= 11 is 0. The standard InChI is InChI=1S/2C32H39N7O4S/c2*1-30(2)17-21-5-3-4-15-33-25-8-6-22(18-34-25)44(41,42)37-29(40)23-7-9-26(35-28(23)38(30)19-21)39-16-10-27(36-39)43-20-24-31(11-12-31)32(24)13-14-32/h2*6-10,16,18,21,24H,3-5,11-15,17,19-20H2,1-2H3,(H,33,34)(H,37,40). The lowest BCUT2D eigenvalue weighted by molar-refractivity contribution is 0.0972. The molecule has 6 aromatic heterocycles. The highest BCUT2D eigenvalue weighted by atomic mass is 32.2.